The molecule has 3 atom stereocenters. The Bertz CT molecular complexity index is 501. The number of hydrogen-bond donors (Lipinski definition) is 2. The molecule has 0 spiro atoms. The highest BCUT2D eigenvalue weighted by Gasteiger charge is 2.21. The average Bonchev–Trinajstić information content (AvgIpc) is 2.56. The van der Waals surface area contributed by atoms with Gasteiger partial charge in [0.1, 0.15) is 0 Å². The first-order valence-corrected chi connectivity index (χ1v) is 9.31. The van der Waals surface area contributed by atoms with E-state index in [2.05, 4.69) is 46.0 Å². The zero-order chi connectivity index (χ0) is 18.1. The molecule has 4 nitrogen and oxygen atoms in total. The lowest BCUT2D eigenvalue weighted by molar-refractivity contribution is -0.126. The molecule has 0 aliphatic carbocycles. The van der Waals surface area contributed by atoms with Gasteiger partial charge in [-0.15, -0.1) is 0 Å². The largest absolute Gasteiger partial charge is 0.350 e. The molecular weight excluding hydrogens is 298 g/mol. The maximum absolute atomic E-state index is 12.4. The van der Waals surface area contributed by atoms with E-state index in [1.165, 1.54) is 0 Å². The number of pyridine rings is 1. The van der Waals surface area contributed by atoms with Crippen molar-refractivity contribution in [2.24, 2.45) is 29.4 Å². The van der Waals surface area contributed by atoms with Crippen LogP contribution in [0.25, 0.3) is 0 Å². The molecule has 1 aromatic rings. The van der Waals surface area contributed by atoms with E-state index in [0.717, 1.165) is 30.7 Å². The lowest BCUT2D eigenvalue weighted by Gasteiger charge is -2.20. The van der Waals surface area contributed by atoms with Crippen molar-refractivity contribution in [3.63, 3.8) is 0 Å². The van der Waals surface area contributed by atoms with Gasteiger partial charge in [0.25, 0.3) is 0 Å². The summed E-state index contributed by atoms with van der Waals surface area (Å²) in [6.45, 7) is 11.9. The summed E-state index contributed by atoms with van der Waals surface area (Å²) in [6.07, 6.45) is 2.89. The second-order valence-electron chi connectivity index (χ2n) is 7.37. The SMILES string of the molecule is CCC[C@@H](C(=O)NCc1cccc(CC(C)[C@@H](C)CN)n1)C(C)C. The summed E-state index contributed by atoms with van der Waals surface area (Å²) in [5.41, 5.74) is 7.74. The van der Waals surface area contributed by atoms with Crippen LogP contribution in [0.1, 0.15) is 58.8 Å². The van der Waals surface area contributed by atoms with Crippen molar-refractivity contribution in [1.29, 1.82) is 0 Å². The van der Waals surface area contributed by atoms with E-state index in [1.807, 2.05) is 12.1 Å². The Morgan fingerprint density at radius 1 is 1.17 bits per heavy atom. The molecule has 1 heterocycles. The Hall–Kier alpha value is -1.42. The third-order valence-electron chi connectivity index (χ3n) is 4.92. The number of hydrogen-bond acceptors (Lipinski definition) is 3. The fourth-order valence-electron chi connectivity index (χ4n) is 2.89. The second kappa shape index (κ2) is 10.4. The van der Waals surface area contributed by atoms with Gasteiger partial charge in [-0.05, 0) is 49.3 Å². The smallest absolute Gasteiger partial charge is 0.223 e. The molecule has 1 rings (SSSR count). The van der Waals surface area contributed by atoms with Crippen molar-refractivity contribution >= 4 is 5.91 Å². The van der Waals surface area contributed by atoms with Crippen LogP contribution in [0.5, 0.6) is 0 Å². The number of nitrogens with two attached hydrogens (primary N) is 1. The zero-order valence-corrected chi connectivity index (χ0v) is 16.0. The lowest BCUT2D eigenvalue weighted by Crippen LogP contribution is -2.33. The molecule has 4 heteroatoms. The summed E-state index contributed by atoms with van der Waals surface area (Å²) < 4.78 is 0. The maximum atomic E-state index is 12.4. The summed E-state index contributed by atoms with van der Waals surface area (Å²) in [6, 6.07) is 6.06. The van der Waals surface area contributed by atoms with Gasteiger partial charge >= 0.3 is 0 Å². The molecule has 0 aliphatic heterocycles. The Labute approximate surface area is 147 Å². The van der Waals surface area contributed by atoms with E-state index >= 15 is 0 Å². The summed E-state index contributed by atoms with van der Waals surface area (Å²) in [5.74, 6) is 1.58. The molecule has 24 heavy (non-hydrogen) atoms. The van der Waals surface area contributed by atoms with Gasteiger partial charge < -0.3 is 11.1 Å². The number of carbonyl (C=O) groups excluding carboxylic acids is 1. The molecule has 0 fully saturated rings. The summed E-state index contributed by atoms with van der Waals surface area (Å²) in [7, 11) is 0. The summed E-state index contributed by atoms with van der Waals surface area (Å²) >= 11 is 0. The van der Waals surface area contributed by atoms with E-state index < -0.39 is 0 Å². The fourth-order valence-corrected chi connectivity index (χ4v) is 2.89. The normalized spacial score (nSPS) is 15.1. The van der Waals surface area contributed by atoms with E-state index in [-0.39, 0.29) is 11.8 Å². The molecule has 1 aromatic heterocycles. The Morgan fingerprint density at radius 3 is 2.42 bits per heavy atom. The monoisotopic (exact) mass is 333 g/mol. The van der Waals surface area contributed by atoms with Crippen LogP contribution in [0.15, 0.2) is 18.2 Å². The van der Waals surface area contributed by atoms with Gasteiger partial charge in [-0.1, -0.05) is 47.1 Å². The Balaban J connectivity index is 2.62. The van der Waals surface area contributed by atoms with Gasteiger partial charge in [-0.3, -0.25) is 9.78 Å². The molecule has 3 N–H and O–H groups in total. The van der Waals surface area contributed by atoms with E-state index in [9.17, 15) is 4.79 Å². The third kappa shape index (κ3) is 6.60. The predicted molar refractivity (Wildman–Crippen MR) is 100 cm³/mol. The van der Waals surface area contributed by atoms with Crippen LogP contribution in [0, 0.1) is 23.7 Å². The topological polar surface area (TPSA) is 68.0 Å². The van der Waals surface area contributed by atoms with Crippen LogP contribution in [0.2, 0.25) is 0 Å². The number of amides is 1. The van der Waals surface area contributed by atoms with Gasteiger partial charge in [0.2, 0.25) is 5.91 Å². The van der Waals surface area contributed by atoms with Gasteiger partial charge in [0.15, 0.2) is 0 Å². The van der Waals surface area contributed by atoms with Crippen LogP contribution in [-0.2, 0) is 17.8 Å². The second-order valence-corrected chi connectivity index (χ2v) is 7.37. The third-order valence-corrected chi connectivity index (χ3v) is 4.92. The van der Waals surface area contributed by atoms with Crippen LogP contribution < -0.4 is 11.1 Å². The highest BCUT2D eigenvalue weighted by Crippen LogP contribution is 2.18. The Kier molecular flexibility index (Phi) is 8.98. The maximum Gasteiger partial charge on any atom is 0.223 e. The molecule has 0 aliphatic rings. The fraction of sp³-hybridized carbons (Fsp3) is 0.700. The van der Waals surface area contributed by atoms with Crippen LogP contribution in [0.3, 0.4) is 0 Å². The molecule has 0 aromatic carbocycles. The van der Waals surface area contributed by atoms with E-state index in [1.54, 1.807) is 0 Å². The summed E-state index contributed by atoms with van der Waals surface area (Å²) in [5, 5.41) is 3.06. The van der Waals surface area contributed by atoms with Gasteiger partial charge in [-0.25, -0.2) is 0 Å². The number of nitrogens with one attached hydrogen (secondary N) is 1. The van der Waals surface area contributed by atoms with Gasteiger partial charge in [0, 0.05) is 11.6 Å². The van der Waals surface area contributed by atoms with Crippen LogP contribution in [0.4, 0.5) is 0 Å². The molecule has 0 saturated carbocycles. The lowest BCUT2D eigenvalue weighted by atomic mass is 9.90. The van der Waals surface area contributed by atoms with Gasteiger partial charge in [-0.2, -0.15) is 0 Å². The Morgan fingerprint density at radius 2 is 1.83 bits per heavy atom. The average molecular weight is 334 g/mol. The number of rotatable bonds is 10. The standard InChI is InChI=1S/C20H35N3O/c1-6-8-19(14(2)3)20(24)22-13-18-10-7-9-17(23-18)11-15(4)16(5)12-21/h7,9-10,14-16,19H,6,8,11-13,21H2,1-5H3,(H,22,24)/t15?,16-,19+/m0/s1. The first-order valence-electron chi connectivity index (χ1n) is 9.31. The number of aromatic nitrogens is 1. The summed E-state index contributed by atoms with van der Waals surface area (Å²) in [4.78, 5) is 17.1. The molecule has 0 saturated heterocycles. The van der Waals surface area contributed by atoms with Gasteiger partial charge in [0.05, 0.1) is 12.2 Å². The van der Waals surface area contributed by atoms with Crippen LogP contribution in [-0.4, -0.2) is 17.4 Å². The minimum absolute atomic E-state index is 0.0867. The van der Waals surface area contributed by atoms with Crippen molar-refractivity contribution in [2.75, 3.05) is 6.54 Å². The molecule has 0 radical (unpaired) electrons. The first-order chi connectivity index (χ1) is 11.4. The minimum Gasteiger partial charge on any atom is -0.350 e. The van der Waals surface area contributed by atoms with Crippen molar-refractivity contribution in [3.8, 4) is 0 Å². The van der Waals surface area contributed by atoms with Crippen molar-refractivity contribution in [3.05, 3.63) is 29.6 Å². The predicted octanol–water partition coefficient (Wildman–Crippen LogP) is 3.54. The molecule has 1 unspecified atom stereocenters. The number of nitrogens with zero attached hydrogens (tertiary/aromatic N) is 1. The van der Waals surface area contributed by atoms with Crippen LogP contribution >= 0.6 is 0 Å². The molecule has 1 amide bonds. The molecular formula is C20H35N3O. The highest BCUT2D eigenvalue weighted by molar-refractivity contribution is 5.78. The zero-order valence-electron chi connectivity index (χ0n) is 16.0. The molecule has 0 bridgehead atoms. The number of carbonyl (C=O) groups is 1. The van der Waals surface area contributed by atoms with E-state index in [4.69, 9.17) is 10.7 Å². The highest BCUT2D eigenvalue weighted by atomic mass is 16.1. The first kappa shape index (κ1) is 20.6. The quantitative estimate of drug-likeness (QED) is 0.688. The molecule has 136 valence electrons. The van der Waals surface area contributed by atoms with Crippen molar-refractivity contribution in [1.82, 2.24) is 10.3 Å². The van der Waals surface area contributed by atoms with Crippen molar-refractivity contribution < 1.29 is 4.79 Å². The minimum atomic E-state index is 0.0867. The van der Waals surface area contributed by atoms with Crippen molar-refractivity contribution in [2.45, 2.75) is 60.4 Å². The van der Waals surface area contributed by atoms with E-state index in [0.29, 0.717) is 30.8 Å².